The standard InChI is InChI=1S/C18H31N3O.HI/c1-5-19-18(21-14-16-10-8-7-9-11-16)20-13-12-17(15(3)4)22-6-2;/h7-11,15,17H,5-6,12-14H2,1-4H3,(H2,19,20,21);1H. The molecule has 1 atom stereocenters. The lowest BCUT2D eigenvalue weighted by Crippen LogP contribution is -2.39. The third-order valence-electron chi connectivity index (χ3n) is 3.45. The van der Waals surface area contributed by atoms with Crippen molar-refractivity contribution in [2.45, 2.75) is 46.8 Å². The molecule has 0 aliphatic rings. The van der Waals surface area contributed by atoms with Gasteiger partial charge in [0.25, 0.3) is 0 Å². The van der Waals surface area contributed by atoms with Crippen LogP contribution in [0.5, 0.6) is 0 Å². The molecule has 2 N–H and O–H groups in total. The van der Waals surface area contributed by atoms with Gasteiger partial charge in [-0.3, -0.25) is 0 Å². The van der Waals surface area contributed by atoms with Crippen LogP contribution >= 0.6 is 24.0 Å². The average molecular weight is 433 g/mol. The molecule has 0 aliphatic heterocycles. The molecule has 1 aromatic carbocycles. The van der Waals surface area contributed by atoms with Gasteiger partial charge in [-0.15, -0.1) is 24.0 Å². The summed E-state index contributed by atoms with van der Waals surface area (Å²) in [6, 6.07) is 10.3. The van der Waals surface area contributed by atoms with Gasteiger partial charge in [0.2, 0.25) is 0 Å². The summed E-state index contributed by atoms with van der Waals surface area (Å²) >= 11 is 0. The second-order valence-corrected chi connectivity index (χ2v) is 5.63. The largest absolute Gasteiger partial charge is 0.378 e. The normalized spacial score (nSPS) is 12.7. The van der Waals surface area contributed by atoms with Gasteiger partial charge in [0, 0.05) is 19.7 Å². The minimum absolute atomic E-state index is 0. The van der Waals surface area contributed by atoms with Crippen LogP contribution in [0.4, 0.5) is 0 Å². The Hall–Kier alpha value is -0.820. The van der Waals surface area contributed by atoms with Gasteiger partial charge >= 0.3 is 0 Å². The summed E-state index contributed by atoms with van der Waals surface area (Å²) in [4.78, 5) is 4.63. The maximum absolute atomic E-state index is 5.77. The number of aliphatic imine (C=N–C) groups is 1. The molecule has 0 radical (unpaired) electrons. The van der Waals surface area contributed by atoms with Gasteiger partial charge in [-0.05, 0) is 31.7 Å². The molecule has 0 amide bonds. The summed E-state index contributed by atoms with van der Waals surface area (Å²) in [6.07, 6.45) is 1.29. The first-order valence-electron chi connectivity index (χ1n) is 8.35. The smallest absolute Gasteiger partial charge is 0.191 e. The summed E-state index contributed by atoms with van der Waals surface area (Å²) in [5.74, 6) is 1.40. The highest BCUT2D eigenvalue weighted by atomic mass is 127. The molecule has 1 aromatic rings. The van der Waals surface area contributed by atoms with Gasteiger partial charge in [0.05, 0.1) is 12.6 Å². The van der Waals surface area contributed by atoms with Crippen LogP contribution in [-0.2, 0) is 11.3 Å². The number of nitrogens with one attached hydrogen (secondary N) is 2. The molecule has 132 valence electrons. The topological polar surface area (TPSA) is 45.7 Å². The average Bonchev–Trinajstić information content (AvgIpc) is 2.52. The van der Waals surface area contributed by atoms with Crippen molar-refractivity contribution >= 4 is 29.9 Å². The van der Waals surface area contributed by atoms with Crippen molar-refractivity contribution in [3.05, 3.63) is 35.9 Å². The van der Waals surface area contributed by atoms with E-state index in [-0.39, 0.29) is 24.0 Å². The van der Waals surface area contributed by atoms with E-state index in [2.05, 4.69) is 48.5 Å². The Morgan fingerprint density at radius 3 is 2.39 bits per heavy atom. The third kappa shape index (κ3) is 9.81. The van der Waals surface area contributed by atoms with Crippen LogP contribution in [0.2, 0.25) is 0 Å². The summed E-state index contributed by atoms with van der Waals surface area (Å²) in [5, 5.41) is 6.68. The van der Waals surface area contributed by atoms with Gasteiger partial charge in [0.15, 0.2) is 5.96 Å². The summed E-state index contributed by atoms with van der Waals surface area (Å²) in [5.41, 5.74) is 1.22. The fourth-order valence-corrected chi connectivity index (χ4v) is 2.25. The van der Waals surface area contributed by atoms with Crippen molar-refractivity contribution in [1.29, 1.82) is 0 Å². The van der Waals surface area contributed by atoms with Gasteiger partial charge in [-0.25, -0.2) is 4.99 Å². The van der Waals surface area contributed by atoms with Crippen LogP contribution in [0.15, 0.2) is 35.3 Å². The van der Waals surface area contributed by atoms with Gasteiger partial charge in [-0.1, -0.05) is 44.2 Å². The van der Waals surface area contributed by atoms with E-state index in [0.717, 1.165) is 32.1 Å². The molecule has 0 aromatic heterocycles. The molecule has 0 heterocycles. The Bertz CT molecular complexity index is 424. The second kappa shape index (κ2) is 13.6. The van der Waals surface area contributed by atoms with Crippen LogP contribution in [0.3, 0.4) is 0 Å². The number of benzene rings is 1. The number of halogens is 1. The Morgan fingerprint density at radius 2 is 1.83 bits per heavy atom. The third-order valence-corrected chi connectivity index (χ3v) is 3.45. The lowest BCUT2D eigenvalue weighted by atomic mass is 10.0. The zero-order chi connectivity index (χ0) is 16.2. The molecule has 1 rings (SSSR count). The first-order valence-corrected chi connectivity index (χ1v) is 8.35. The van der Waals surface area contributed by atoms with E-state index in [1.54, 1.807) is 0 Å². The Balaban J connectivity index is 0.00000484. The second-order valence-electron chi connectivity index (χ2n) is 5.63. The van der Waals surface area contributed by atoms with Crippen molar-refractivity contribution in [3.63, 3.8) is 0 Å². The maximum atomic E-state index is 5.77. The van der Waals surface area contributed by atoms with Crippen molar-refractivity contribution < 1.29 is 4.74 Å². The van der Waals surface area contributed by atoms with Gasteiger partial charge in [-0.2, -0.15) is 0 Å². The van der Waals surface area contributed by atoms with Gasteiger partial charge in [0.1, 0.15) is 0 Å². The Kier molecular flexibility index (Phi) is 13.1. The predicted octanol–water partition coefficient (Wildman–Crippen LogP) is 3.81. The van der Waals surface area contributed by atoms with E-state index >= 15 is 0 Å². The van der Waals surface area contributed by atoms with Crippen LogP contribution < -0.4 is 10.6 Å². The van der Waals surface area contributed by atoms with E-state index in [0.29, 0.717) is 18.6 Å². The van der Waals surface area contributed by atoms with Gasteiger partial charge < -0.3 is 15.4 Å². The van der Waals surface area contributed by atoms with E-state index in [9.17, 15) is 0 Å². The number of hydrogen-bond acceptors (Lipinski definition) is 2. The monoisotopic (exact) mass is 433 g/mol. The number of guanidine groups is 1. The molecule has 0 aliphatic carbocycles. The minimum atomic E-state index is 0. The first kappa shape index (κ1) is 22.2. The van der Waals surface area contributed by atoms with Crippen LogP contribution in [0.25, 0.3) is 0 Å². The van der Waals surface area contributed by atoms with E-state index < -0.39 is 0 Å². The number of rotatable bonds is 9. The number of hydrogen-bond donors (Lipinski definition) is 2. The first-order chi connectivity index (χ1) is 10.7. The summed E-state index contributed by atoms with van der Waals surface area (Å²) in [6.45, 7) is 11.7. The van der Waals surface area contributed by atoms with Crippen molar-refractivity contribution in [2.75, 3.05) is 19.7 Å². The van der Waals surface area contributed by atoms with Crippen molar-refractivity contribution in [2.24, 2.45) is 10.9 Å². The predicted molar refractivity (Wildman–Crippen MR) is 110 cm³/mol. The molecule has 0 saturated heterocycles. The molecule has 5 heteroatoms. The van der Waals surface area contributed by atoms with E-state index in [1.165, 1.54) is 5.56 Å². The molecular weight excluding hydrogens is 401 g/mol. The van der Waals surface area contributed by atoms with Crippen LogP contribution in [0.1, 0.15) is 39.7 Å². The highest BCUT2D eigenvalue weighted by Gasteiger charge is 2.12. The van der Waals surface area contributed by atoms with E-state index in [1.807, 2.05) is 25.1 Å². The molecule has 4 nitrogen and oxygen atoms in total. The Labute approximate surface area is 158 Å². The number of nitrogens with zero attached hydrogens (tertiary/aromatic N) is 1. The number of ether oxygens (including phenoxy) is 1. The lowest BCUT2D eigenvalue weighted by Gasteiger charge is -2.21. The minimum Gasteiger partial charge on any atom is -0.378 e. The summed E-state index contributed by atoms with van der Waals surface area (Å²) in [7, 11) is 0. The molecule has 0 spiro atoms. The molecule has 0 fully saturated rings. The summed E-state index contributed by atoms with van der Waals surface area (Å²) < 4.78 is 5.77. The fraction of sp³-hybridized carbons (Fsp3) is 0.611. The Morgan fingerprint density at radius 1 is 1.13 bits per heavy atom. The zero-order valence-electron chi connectivity index (χ0n) is 14.8. The SMILES string of the molecule is CCNC(=NCc1ccccc1)NCCC(OCC)C(C)C.I. The molecular formula is C18H32IN3O. The van der Waals surface area contributed by atoms with Crippen LogP contribution in [0, 0.1) is 5.92 Å². The van der Waals surface area contributed by atoms with Crippen LogP contribution in [-0.4, -0.2) is 31.8 Å². The molecule has 0 saturated carbocycles. The quantitative estimate of drug-likeness (QED) is 0.354. The molecule has 1 unspecified atom stereocenters. The highest BCUT2D eigenvalue weighted by Crippen LogP contribution is 2.09. The molecule has 23 heavy (non-hydrogen) atoms. The molecule has 0 bridgehead atoms. The fourth-order valence-electron chi connectivity index (χ4n) is 2.25. The zero-order valence-corrected chi connectivity index (χ0v) is 17.2. The van der Waals surface area contributed by atoms with Crippen molar-refractivity contribution in [1.82, 2.24) is 10.6 Å². The highest BCUT2D eigenvalue weighted by molar-refractivity contribution is 14.0. The maximum Gasteiger partial charge on any atom is 0.191 e. The van der Waals surface area contributed by atoms with E-state index in [4.69, 9.17) is 4.74 Å². The van der Waals surface area contributed by atoms with Crippen molar-refractivity contribution in [3.8, 4) is 0 Å². The lowest BCUT2D eigenvalue weighted by molar-refractivity contribution is 0.0258.